The molecule has 3 rings (SSSR count). The smallest absolute Gasteiger partial charge is 0.234 e. The van der Waals surface area contributed by atoms with E-state index < -0.39 is 5.82 Å². The molecular weight excluding hydrogens is 409 g/mol. The monoisotopic (exact) mass is 429 g/mol. The minimum Gasteiger partial charge on any atom is -0.495 e. The number of methoxy groups -OCH3 is 1. The van der Waals surface area contributed by atoms with Crippen molar-refractivity contribution < 1.29 is 18.7 Å². The zero-order valence-corrected chi connectivity index (χ0v) is 17.2. The molecule has 0 unspecified atom stereocenters. The SMILES string of the molecule is COc1ccccc1NC(=O)Cc1nnc(SCC(=O)Nc2ccccc2F)n1C. The maximum absolute atomic E-state index is 13.6. The lowest BCUT2D eigenvalue weighted by molar-refractivity contribution is -0.116. The lowest BCUT2D eigenvalue weighted by Gasteiger charge is -2.09. The fourth-order valence-corrected chi connectivity index (χ4v) is 3.32. The number of nitrogens with one attached hydrogen (secondary N) is 2. The van der Waals surface area contributed by atoms with Crippen molar-refractivity contribution in [3.8, 4) is 5.75 Å². The summed E-state index contributed by atoms with van der Waals surface area (Å²) < 4.78 is 20.5. The number of hydrogen-bond acceptors (Lipinski definition) is 6. The minimum absolute atomic E-state index is 0.00350. The molecule has 2 amide bonds. The van der Waals surface area contributed by atoms with Crippen LogP contribution in [0.15, 0.2) is 53.7 Å². The molecule has 0 atom stereocenters. The molecule has 0 fully saturated rings. The second-order valence-electron chi connectivity index (χ2n) is 6.20. The van der Waals surface area contributed by atoms with Crippen molar-refractivity contribution in [2.45, 2.75) is 11.6 Å². The van der Waals surface area contributed by atoms with Gasteiger partial charge in [-0.25, -0.2) is 4.39 Å². The van der Waals surface area contributed by atoms with Gasteiger partial charge in [0.25, 0.3) is 0 Å². The predicted octanol–water partition coefficient (Wildman–Crippen LogP) is 2.87. The van der Waals surface area contributed by atoms with Crippen LogP contribution in [0.25, 0.3) is 0 Å². The van der Waals surface area contributed by atoms with Crippen LogP contribution in [0.3, 0.4) is 0 Å². The number of hydrogen-bond donors (Lipinski definition) is 2. The van der Waals surface area contributed by atoms with E-state index >= 15 is 0 Å². The Hall–Kier alpha value is -3.40. The number of halogens is 1. The quantitative estimate of drug-likeness (QED) is 0.535. The highest BCUT2D eigenvalue weighted by molar-refractivity contribution is 7.99. The van der Waals surface area contributed by atoms with Crippen LogP contribution in [0.4, 0.5) is 15.8 Å². The fourth-order valence-electron chi connectivity index (χ4n) is 2.59. The molecule has 0 radical (unpaired) electrons. The summed E-state index contributed by atoms with van der Waals surface area (Å²) in [6.07, 6.45) is 0.00350. The Morgan fingerprint density at radius 2 is 1.70 bits per heavy atom. The summed E-state index contributed by atoms with van der Waals surface area (Å²) >= 11 is 1.14. The first-order valence-corrected chi connectivity index (χ1v) is 9.95. The average Bonchev–Trinajstić information content (AvgIpc) is 3.08. The maximum Gasteiger partial charge on any atom is 0.234 e. The van der Waals surface area contributed by atoms with Gasteiger partial charge < -0.3 is 19.9 Å². The van der Waals surface area contributed by atoms with Gasteiger partial charge in [-0.3, -0.25) is 9.59 Å². The third-order valence-electron chi connectivity index (χ3n) is 4.11. The number of amides is 2. The average molecular weight is 429 g/mol. The lowest BCUT2D eigenvalue weighted by Crippen LogP contribution is -2.17. The van der Waals surface area contributed by atoms with Gasteiger partial charge in [0.05, 0.1) is 30.7 Å². The first-order valence-electron chi connectivity index (χ1n) is 8.96. The van der Waals surface area contributed by atoms with Gasteiger partial charge in [-0.05, 0) is 24.3 Å². The number of ether oxygens (including phenoxy) is 1. The topological polar surface area (TPSA) is 98.1 Å². The molecule has 0 spiro atoms. The molecular formula is C20H20FN5O3S. The molecule has 156 valence electrons. The molecule has 2 aromatic carbocycles. The van der Waals surface area contributed by atoms with E-state index in [9.17, 15) is 14.0 Å². The highest BCUT2D eigenvalue weighted by Crippen LogP contribution is 2.23. The third-order valence-corrected chi connectivity index (χ3v) is 5.13. The van der Waals surface area contributed by atoms with Crippen molar-refractivity contribution in [1.29, 1.82) is 0 Å². The molecule has 0 aliphatic rings. The molecule has 1 heterocycles. The molecule has 1 aromatic heterocycles. The van der Waals surface area contributed by atoms with E-state index in [1.54, 1.807) is 41.9 Å². The Kier molecular flexibility index (Phi) is 7.02. The summed E-state index contributed by atoms with van der Waals surface area (Å²) in [5.41, 5.74) is 0.682. The summed E-state index contributed by atoms with van der Waals surface area (Å²) in [4.78, 5) is 24.4. The highest BCUT2D eigenvalue weighted by Gasteiger charge is 2.16. The van der Waals surface area contributed by atoms with Gasteiger partial charge in [0.15, 0.2) is 5.16 Å². The number of thioether (sulfide) groups is 1. The number of carbonyl (C=O) groups is 2. The molecule has 0 aliphatic heterocycles. The third kappa shape index (κ3) is 5.35. The molecule has 10 heteroatoms. The van der Waals surface area contributed by atoms with E-state index in [-0.39, 0.29) is 29.7 Å². The normalized spacial score (nSPS) is 10.5. The van der Waals surface area contributed by atoms with E-state index in [1.165, 1.54) is 19.2 Å². The van der Waals surface area contributed by atoms with Crippen molar-refractivity contribution >= 4 is 35.0 Å². The summed E-state index contributed by atoms with van der Waals surface area (Å²) in [6, 6.07) is 13.0. The van der Waals surface area contributed by atoms with Crippen LogP contribution in [0.2, 0.25) is 0 Å². The number of carbonyl (C=O) groups excluding carboxylic acids is 2. The van der Waals surface area contributed by atoms with Crippen LogP contribution in [-0.4, -0.2) is 39.4 Å². The Morgan fingerprint density at radius 3 is 2.43 bits per heavy atom. The van der Waals surface area contributed by atoms with E-state index in [1.807, 2.05) is 6.07 Å². The van der Waals surface area contributed by atoms with Gasteiger partial charge in [0.1, 0.15) is 17.4 Å². The van der Waals surface area contributed by atoms with Gasteiger partial charge >= 0.3 is 0 Å². The first kappa shape index (κ1) is 21.3. The zero-order valence-electron chi connectivity index (χ0n) is 16.4. The van der Waals surface area contributed by atoms with Gasteiger partial charge in [0.2, 0.25) is 11.8 Å². The summed E-state index contributed by atoms with van der Waals surface area (Å²) in [7, 11) is 3.24. The van der Waals surface area contributed by atoms with Crippen molar-refractivity contribution in [1.82, 2.24) is 14.8 Å². The lowest BCUT2D eigenvalue weighted by atomic mass is 10.2. The Labute approximate surface area is 176 Å². The first-order chi connectivity index (χ1) is 14.5. The Balaban J connectivity index is 1.56. The summed E-state index contributed by atoms with van der Waals surface area (Å²) in [5, 5.41) is 13.8. The number of nitrogens with zero attached hydrogens (tertiary/aromatic N) is 3. The zero-order chi connectivity index (χ0) is 21.5. The minimum atomic E-state index is -0.502. The fraction of sp³-hybridized carbons (Fsp3) is 0.200. The van der Waals surface area contributed by atoms with E-state index in [4.69, 9.17) is 4.74 Å². The van der Waals surface area contributed by atoms with E-state index in [0.29, 0.717) is 22.4 Å². The molecule has 2 N–H and O–H groups in total. The van der Waals surface area contributed by atoms with Crippen LogP contribution in [0.5, 0.6) is 5.75 Å². The maximum atomic E-state index is 13.6. The number of aromatic nitrogens is 3. The van der Waals surface area contributed by atoms with E-state index in [2.05, 4.69) is 20.8 Å². The number of anilines is 2. The van der Waals surface area contributed by atoms with Gasteiger partial charge in [0, 0.05) is 7.05 Å². The molecule has 0 aliphatic carbocycles. The molecule has 0 bridgehead atoms. The molecule has 0 saturated heterocycles. The Morgan fingerprint density at radius 1 is 1.03 bits per heavy atom. The molecule has 0 saturated carbocycles. The molecule has 30 heavy (non-hydrogen) atoms. The van der Waals surface area contributed by atoms with Gasteiger partial charge in [-0.1, -0.05) is 36.0 Å². The summed E-state index contributed by atoms with van der Waals surface area (Å²) in [5.74, 6) is -0.126. The van der Waals surface area contributed by atoms with Crippen LogP contribution in [0.1, 0.15) is 5.82 Å². The van der Waals surface area contributed by atoms with Crippen molar-refractivity contribution in [3.63, 3.8) is 0 Å². The predicted molar refractivity (Wildman–Crippen MR) is 112 cm³/mol. The Bertz CT molecular complexity index is 1060. The second kappa shape index (κ2) is 9.88. The van der Waals surface area contributed by atoms with Crippen molar-refractivity contribution in [2.75, 3.05) is 23.5 Å². The second-order valence-corrected chi connectivity index (χ2v) is 7.14. The van der Waals surface area contributed by atoms with Crippen molar-refractivity contribution in [2.24, 2.45) is 7.05 Å². The number of para-hydroxylation sites is 3. The van der Waals surface area contributed by atoms with Crippen LogP contribution in [-0.2, 0) is 23.1 Å². The number of rotatable bonds is 8. The summed E-state index contributed by atoms with van der Waals surface area (Å²) in [6.45, 7) is 0. The molecule has 3 aromatic rings. The standard InChI is InChI=1S/C20H20FN5O3S/c1-26-17(11-18(27)23-15-9-5-6-10-16(15)29-2)24-25-20(26)30-12-19(28)22-14-8-4-3-7-13(14)21/h3-10H,11-12H2,1-2H3,(H,22,28)(H,23,27). The largest absolute Gasteiger partial charge is 0.495 e. The van der Waals surface area contributed by atoms with Crippen LogP contribution in [0, 0.1) is 5.82 Å². The van der Waals surface area contributed by atoms with Crippen molar-refractivity contribution in [3.05, 3.63) is 60.2 Å². The van der Waals surface area contributed by atoms with Crippen LogP contribution >= 0.6 is 11.8 Å². The molecule has 8 nitrogen and oxygen atoms in total. The number of benzene rings is 2. The highest BCUT2D eigenvalue weighted by atomic mass is 32.2. The van der Waals surface area contributed by atoms with Gasteiger partial charge in [-0.2, -0.15) is 0 Å². The van der Waals surface area contributed by atoms with Crippen LogP contribution < -0.4 is 15.4 Å². The van der Waals surface area contributed by atoms with Gasteiger partial charge in [-0.15, -0.1) is 10.2 Å². The van der Waals surface area contributed by atoms with E-state index in [0.717, 1.165) is 11.8 Å².